The average molecular weight is 452 g/mol. The van der Waals surface area contributed by atoms with Gasteiger partial charge in [0.2, 0.25) is 0 Å². The van der Waals surface area contributed by atoms with Crippen LogP contribution in [0.2, 0.25) is 0 Å². The predicted molar refractivity (Wildman–Crippen MR) is 132 cm³/mol. The highest BCUT2D eigenvalue weighted by molar-refractivity contribution is 6.04. The Morgan fingerprint density at radius 1 is 0.853 bits per heavy atom. The summed E-state index contributed by atoms with van der Waals surface area (Å²) in [5, 5.41) is 13.5. The number of carbonyl (C=O) groups excluding carboxylic acids is 1. The molecular weight excluding hydrogens is 431 g/mol. The van der Waals surface area contributed by atoms with Crippen LogP contribution in [0.3, 0.4) is 0 Å². The summed E-state index contributed by atoms with van der Waals surface area (Å²) in [4.78, 5) is 17.1. The third-order valence-electron chi connectivity index (χ3n) is 5.38. The number of halogens is 1. The van der Waals surface area contributed by atoms with Crippen LogP contribution in [0.1, 0.15) is 10.4 Å². The molecule has 168 valence electrons. The number of carbonyl (C=O) groups is 1. The van der Waals surface area contributed by atoms with Crippen LogP contribution in [-0.4, -0.2) is 27.6 Å². The summed E-state index contributed by atoms with van der Waals surface area (Å²) in [6.45, 7) is 0. The monoisotopic (exact) mass is 452 g/mol. The highest BCUT2D eigenvalue weighted by Crippen LogP contribution is 2.25. The van der Waals surface area contributed by atoms with E-state index in [1.165, 1.54) is 12.1 Å². The Bertz CT molecular complexity index is 1440. The number of aromatic nitrogens is 3. The summed E-state index contributed by atoms with van der Waals surface area (Å²) in [6.07, 6.45) is 3.52. The first-order valence-corrected chi connectivity index (χ1v) is 10.7. The Hall–Kier alpha value is -4.72. The molecule has 0 spiro atoms. The first-order valence-electron chi connectivity index (χ1n) is 10.7. The molecule has 0 saturated carbocycles. The van der Waals surface area contributed by atoms with Crippen LogP contribution in [0.5, 0.6) is 0 Å². The standard InChI is InChI=1S/C26H21FN6O/c1-28-20-8-4-18(5-9-20)26(34)31-22-12-10-21(11-13-22)30-24-14-15-33-25(32-24)23(16-29-33)17-2-6-19(27)7-3-17/h2-16,28H,1H3,(H,30,32)(H,31,34). The highest BCUT2D eigenvalue weighted by atomic mass is 19.1. The van der Waals surface area contributed by atoms with Gasteiger partial charge in [0.15, 0.2) is 5.65 Å². The van der Waals surface area contributed by atoms with E-state index >= 15 is 0 Å². The molecule has 7 nitrogen and oxygen atoms in total. The molecule has 2 heterocycles. The molecule has 5 aromatic rings. The average Bonchev–Trinajstić information content (AvgIpc) is 3.29. The normalized spacial score (nSPS) is 10.8. The first kappa shape index (κ1) is 21.1. The van der Waals surface area contributed by atoms with Gasteiger partial charge in [-0.25, -0.2) is 13.9 Å². The van der Waals surface area contributed by atoms with Crippen LogP contribution < -0.4 is 16.0 Å². The number of nitrogens with one attached hydrogen (secondary N) is 3. The minimum atomic E-state index is -0.290. The van der Waals surface area contributed by atoms with Crippen molar-refractivity contribution in [2.24, 2.45) is 0 Å². The van der Waals surface area contributed by atoms with Gasteiger partial charge >= 0.3 is 0 Å². The maximum Gasteiger partial charge on any atom is 0.255 e. The Kier molecular flexibility index (Phi) is 5.61. The minimum Gasteiger partial charge on any atom is -0.388 e. The Balaban J connectivity index is 1.30. The van der Waals surface area contributed by atoms with Crippen LogP contribution in [0.15, 0.2) is 91.3 Å². The van der Waals surface area contributed by atoms with Gasteiger partial charge in [-0.2, -0.15) is 5.10 Å². The van der Waals surface area contributed by atoms with Gasteiger partial charge in [-0.05, 0) is 72.3 Å². The lowest BCUT2D eigenvalue weighted by molar-refractivity contribution is 0.102. The van der Waals surface area contributed by atoms with E-state index in [0.29, 0.717) is 22.7 Å². The third-order valence-corrected chi connectivity index (χ3v) is 5.38. The molecule has 3 N–H and O–H groups in total. The van der Waals surface area contributed by atoms with Crippen molar-refractivity contribution >= 4 is 34.4 Å². The number of hydrogen-bond acceptors (Lipinski definition) is 5. The fourth-order valence-corrected chi connectivity index (χ4v) is 3.55. The second kappa shape index (κ2) is 9.03. The third kappa shape index (κ3) is 4.42. The summed E-state index contributed by atoms with van der Waals surface area (Å²) in [5.41, 5.74) is 5.33. The molecule has 2 aromatic heterocycles. The van der Waals surface area contributed by atoms with E-state index in [4.69, 9.17) is 0 Å². The first-order chi connectivity index (χ1) is 16.6. The number of fused-ring (bicyclic) bond motifs is 1. The number of nitrogens with zero attached hydrogens (tertiary/aromatic N) is 3. The summed E-state index contributed by atoms with van der Waals surface area (Å²) in [6, 6.07) is 22.7. The Labute approximate surface area is 195 Å². The molecule has 0 radical (unpaired) electrons. The molecule has 1 amide bonds. The predicted octanol–water partition coefficient (Wildman–Crippen LogP) is 5.57. The lowest BCUT2D eigenvalue weighted by atomic mass is 10.1. The van der Waals surface area contributed by atoms with Gasteiger partial charge in [0, 0.05) is 41.4 Å². The van der Waals surface area contributed by atoms with E-state index in [2.05, 4.69) is 26.0 Å². The smallest absolute Gasteiger partial charge is 0.255 e. The summed E-state index contributed by atoms with van der Waals surface area (Å²) >= 11 is 0. The fraction of sp³-hybridized carbons (Fsp3) is 0.0385. The molecule has 0 unspecified atom stereocenters. The zero-order valence-electron chi connectivity index (χ0n) is 18.3. The van der Waals surface area contributed by atoms with E-state index < -0.39 is 0 Å². The van der Waals surface area contributed by atoms with Crippen molar-refractivity contribution in [1.29, 1.82) is 0 Å². The van der Waals surface area contributed by atoms with Crippen LogP contribution in [0.4, 0.5) is 27.3 Å². The number of anilines is 4. The number of hydrogen-bond donors (Lipinski definition) is 3. The second-order valence-electron chi connectivity index (χ2n) is 7.63. The van der Waals surface area contributed by atoms with Gasteiger partial charge in [0.05, 0.1) is 6.20 Å². The van der Waals surface area contributed by atoms with E-state index in [1.807, 2.05) is 55.7 Å². The van der Waals surface area contributed by atoms with E-state index in [-0.39, 0.29) is 11.7 Å². The SMILES string of the molecule is CNc1ccc(C(=O)Nc2ccc(Nc3ccn4ncc(-c5ccc(F)cc5)c4n3)cc2)cc1. The van der Waals surface area contributed by atoms with Gasteiger partial charge in [-0.3, -0.25) is 4.79 Å². The fourth-order valence-electron chi connectivity index (χ4n) is 3.55. The molecule has 3 aromatic carbocycles. The molecule has 0 bridgehead atoms. The quantitative estimate of drug-likeness (QED) is 0.314. The Morgan fingerprint density at radius 2 is 1.53 bits per heavy atom. The van der Waals surface area contributed by atoms with Crippen molar-refractivity contribution in [3.8, 4) is 11.1 Å². The summed E-state index contributed by atoms with van der Waals surface area (Å²) in [7, 11) is 1.83. The van der Waals surface area contributed by atoms with Gasteiger partial charge in [0.1, 0.15) is 11.6 Å². The molecule has 0 aliphatic carbocycles. The van der Waals surface area contributed by atoms with Gasteiger partial charge in [0.25, 0.3) is 5.91 Å². The van der Waals surface area contributed by atoms with Crippen molar-refractivity contribution in [3.63, 3.8) is 0 Å². The summed E-state index contributed by atoms with van der Waals surface area (Å²) < 4.78 is 15.0. The molecule has 0 fully saturated rings. The molecule has 0 aliphatic heterocycles. The van der Waals surface area contributed by atoms with Crippen molar-refractivity contribution in [3.05, 3.63) is 103 Å². The van der Waals surface area contributed by atoms with Crippen LogP contribution in [-0.2, 0) is 0 Å². The van der Waals surface area contributed by atoms with Crippen molar-refractivity contribution in [2.75, 3.05) is 23.0 Å². The zero-order chi connectivity index (χ0) is 23.5. The van der Waals surface area contributed by atoms with E-state index in [9.17, 15) is 9.18 Å². The lowest BCUT2D eigenvalue weighted by Gasteiger charge is -2.09. The minimum absolute atomic E-state index is 0.176. The highest BCUT2D eigenvalue weighted by Gasteiger charge is 2.10. The topological polar surface area (TPSA) is 83.4 Å². The van der Waals surface area contributed by atoms with Gasteiger partial charge in [-0.15, -0.1) is 0 Å². The van der Waals surface area contributed by atoms with Crippen molar-refractivity contribution < 1.29 is 9.18 Å². The maximum absolute atomic E-state index is 13.3. The molecule has 0 atom stereocenters. The van der Waals surface area contributed by atoms with Crippen LogP contribution >= 0.6 is 0 Å². The zero-order valence-corrected chi connectivity index (χ0v) is 18.3. The number of rotatable bonds is 6. The Morgan fingerprint density at radius 3 is 2.24 bits per heavy atom. The van der Waals surface area contributed by atoms with Crippen molar-refractivity contribution in [2.45, 2.75) is 0 Å². The summed E-state index contributed by atoms with van der Waals surface area (Å²) in [5.74, 6) is 0.171. The van der Waals surface area contributed by atoms with Gasteiger partial charge in [-0.1, -0.05) is 12.1 Å². The van der Waals surface area contributed by atoms with E-state index in [0.717, 1.165) is 22.5 Å². The number of benzene rings is 3. The lowest BCUT2D eigenvalue weighted by Crippen LogP contribution is -2.11. The second-order valence-corrected chi connectivity index (χ2v) is 7.63. The number of amides is 1. The van der Waals surface area contributed by atoms with Crippen molar-refractivity contribution in [1.82, 2.24) is 14.6 Å². The maximum atomic E-state index is 13.3. The molecule has 0 saturated heterocycles. The molecule has 0 aliphatic rings. The largest absolute Gasteiger partial charge is 0.388 e. The van der Waals surface area contributed by atoms with Crippen LogP contribution in [0.25, 0.3) is 16.8 Å². The molecular formula is C26H21FN6O. The molecule has 8 heteroatoms. The molecule has 5 rings (SSSR count). The molecule has 34 heavy (non-hydrogen) atoms. The van der Waals surface area contributed by atoms with Gasteiger partial charge < -0.3 is 16.0 Å². The van der Waals surface area contributed by atoms with E-state index in [1.54, 1.807) is 35.0 Å². The van der Waals surface area contributed by atoms with Crippen LogP contribution in [0, 0.1) is 5.82 Å².